The predicted molar refractivity (Wildman–Crippen MR) is 95.7 cm³/mol. The van der Waals surface area contributed by atoms with Gasteiger partial charge in [0.1, 0.15) is 5.69 Å². The molecular formula is C18H24N6O. The van der Waals surface area contributed by atoms with E-state index >= 15 is 0 Å². The third kappa shape index (κ3) is 3.01. The van der Waals surface area contributed by atoms with Crippen LogP contribution < -0.4 is 5.32 Å². The Morgan fingerprint density at radius 1 is 1.20 bits per heavy atom. The van der Waals surface area contributed by atoms with Gasteiger partial charge in [-0.15, -0.1) is 0 Å². The maximum Gasteiger partial charge on any atom is 0.270 e. The normalized spacial score (nSPS) is 12.6. The van der Waals surface area contributed by atoms with E-state index in [0.717, 1.165) is 34.9 Å². The molecule has 0 aliphatic heterocycles. The summed E-state index contributed by atoms with van der Waals surface area (Å²) in [6, 6.07) is 3.49. The summed E-state index contributed by atoms with van der Waals surface area (Å²) in [5.41, 5.74) is 5.92. The van der Waals surface area contributed by atoms with E-state index in [1.54, 1.807) is 10.6 Å². The van der Waals surface area contributed by atoms with Crippen molar-refractivity contribution in [1.29, 1.82) is 0 Å². The van der Waals surface area contributed by atoms with Crippen LogP contribution in [-0.4, -0.2) is 30.3 Å². The monoisotopic (exact) mass is 340 g/mol. The molecule has 0 spiro atoms. The number of carbonyl (C=O) groups excluding carboxylic acids is 1. The van der Waals surface area contributed by atoms with E-state index in [9.17, 15) is 4.79 Å². The van der Waals surface area contributed by atoms with Gasteiger partial charge < -0.3 is 5.32 Å². The van der Waals surface area contributed by atoms with Crippen molar-refractivity contribution >= 4 is 11.6 Å². The van der Waals surface area contributed by atoms with Gasteiger partial charge in [0, 0.05) is 29.6 Å². The zero-order chi connectivity index (χ0) is 18.3. The first-order valence-corrected chi connectivity index (χ1v) is 8.50. The van der Waals surface area contributed by atoms with Gasteiger partial charge in [0.2, 0.25) is 0 Å². The van der Waals surface area contributed by atoms with Gasteiger partial charge in [0.15, 0.2) is 5.65 Å². The number of hydrogen-bond acceptors (Lipinski definition) is 4. The minimum atomic E-state index is -0.194. The summed E-state index contributed by atoms with van der Waals surface area (Å²) in [5.74, 6) is -0.194. The topological polar surface area (TPSA) is 77.1 Å². The Balaban J connectivity index is 1.88. The fraction of sp³-hybridized carbons (Fsp3) is 0.444. The summed E-state index contributed by atoms with van der Waals surface area (Å²) >= 11 is 0. The average Bonchev–Trinajstić information content (AvgIpc) is 3.06. The van der Waals surface area contributed by atoms with Crippen LogP contribution in [0.1, 0.15) is 58.7 Å². The molecule has 3 rings (SSSR count). The van der Waals surface area contributed by atoms with Crippen LogP contribution >= 0.6 is 0 Å². The summed E-state index contributed by atoms with van der Waals surface area (Å²) in [6.45, 7) is 12.7. The summed E-state index contributed by atoms with van der Waals surface area (Å²) < 4.78 is 3.70. The Kier molecular flexibility index (Phi) is 4.32. The van der Waals surface area contributed by atoms with Crippen molar-refractivity contribution in [1.82, 2.24) is 29.7 Å². The van der Waals surface area contributed by atoms with Crippen LogP contribution in [0.4, 0.5) is 0 Å². The highest BCUT2D eigenvalue weighted by Gasteiger charge is 2.20. The number of nitrogens with one attached hydrogen (secondary N) is 1. The van der Waals surface area contributed by atoms with Gasteiger partial charge in [-0.25, -0.2) is 9.50 Å². The van der Waals surface area contributed by atoms with E-state index in [-0.39, 0.29) is 11.9 Å². The number of hydrogen-bond donors (Lipinski definition) is 1. The first kappa shape index (κ1) is 17.1. The summed E-state index contributed by atoms with van der Waals surface area (Å²) in [7, 11) is 0. The number of aryl methyl sites for hydroxylation is 4. The van der Waals surface area contributed by atoms with Crippen molar-refractivity contribution < 1.29 is 4.79 Å². The zero-order valence-electron chi connectivity index (χ0n) is 15.6. The molecule has 0 bridgehead atoms. The molecule has 0 saturated carbocycles. The molecule has 3 aromatic heterocycles. The van der Waals surface area contributed by atoms with Crippen LogP contribution in [0, 0.1) is 27.7 Å². The largest absolute Gasteiger partial charge is 0.344 e. The molecule has 3 aromatic rings. The third-order valence-electron chi connectivity index (χ3n) is 4.48. The van der Waals surface area contributed by atoms with Gasteiger partial charge in [-0.05, 0) is 47.6 Å². The minimum absolute atomic E-state index is 0.141. The molecule has 0 aliphatic carbocycles. The predicted octanol–water partition coefficient (Wildman–Crippen LogP) is 2.67. The first-order valence-electron chi connectivity index (χ1n) is 8.50. The van der Waals surface area contributed by atoms with Crippen LogP contribution in [0.5, 0.6) is 0 Å². The fourth-order valence-electron chi connectivity index (χ4n) is 3.34. The SMILES string of the molecule is CCn1nc(C)c([C@H](C)NC(=O)c2cc(C)n3nc(C)cc3n2)c1C. The molecule has 0 radical (unpaired) electrons. The summed E-state index contributed by atoms with van der Waals surface area (Å²) in [4.78, 5) is 17.1. The van der Waals surface area contributed by atoms with Crippen molar-refractivity contribution in [2.24, 2.45) is 0 Å². The van der Waals surface area contributed by atoms with Crippen molar-refractivity contribution in [3.05, 3.63) is 46.2 Å². The molecule has 0 aromatic carbocycles. The first-order chi connectivity index (χ1) is 11.8. The molecule has 1 atom stereocenters. The van der Waals surface area contributed by atoms with E-state index in [2.05, 4.69) is 27.4 Å². The molecule has 0 saturated heterocycles. The minimum Gasteiger partial charge on any atom is -0.344 e. The lowest BCUT2D eigenvalue weighted by Gasteiger charge is -2.15. The van der Waals surface area contributed by atoms with Gasteiger partial charge in [0.25, 0.3) is 5.91 Å². The highest BCUT2D eigenvalue weighted by atomic mass is 16.1. The molecule has 25 heavy (non-hydrogen) atoms. The fourth-order valence-corrected chi connectivity index (χ4v) is 3.34. The Bertz CT molecular complexity index is 952. The van der Waals surface area contributed by atoms with Crippen LogP contribution in [-0.2, 0) is 6.54 Å². The lowest BCUT2D eigenvalue weighted by atomic mass is 10.1. The number of amides is 1. The molecule has 0 unspecified atom stereocenters. The van der Waals surface area contributed by atoms with Crippen molar-refractivity contribution in [2.45, 2.75) is 54.1 Å². The van der Waals surface area contributed by atoms with E-state index < -0.39 is 0 Å². The molecule has 1 N–H and O–H groups in total. The quantitative estimate of drug-likeness (QED) is 0.792. The molecule has 7 heteroatoms. The highest BCUT2D eigenvalue weighted by molar-refractivity contribution is 5.93. The maximum absolute atomic E-state index is 12.7. The lowest BCUT2D eigenvalue weighted by Crippen LogP contribution is -2.28. The Labute approximate surface area is 147 Å². The van der Waals surface area contributed by atoms with E-state index in [1.807, 2.05) is 45.4 Å². The second-order valence-electron chi connectivity index (χ2n) is 6.43. The second kappa shape index (κ2) is 6.31. The highest BCUT2D eigenvalue weighted by Crippen LogP contribution is 2.21. The van der Waals surface area contributed by atoms with Crippen molar-refractivity contribution in [2.75, 3.05) is 0 Å². The summed E-state index contributed by atoms with van der Waals surface area (Å²) in [5, 5.41) is 11.9. The molecule has 0 aliphatic rings. The van der Waals surface area contributed by atoms with Crippen LogP contribution in [0.3, 0.4) is 0 Å². The zero-order valence-corrected chi connectivity index (χ0v) is 15.6. The Hall–Kier alpha value is -2.70. The van der Waals surface area contributed by atoms with Crippen molar-refractivity contribution in [3.8, 4) is 0 Å². The van der Waals surface area contributed by atoms with Crippen LogP contribution in [0.25, 0.3) is 5.65 Å². The van der Waals surface area contributed by atoms with Crippen molar-refractivity contribution in [3.63, 3.8) is 0 Å². The number of aromatic nitrogens is 5. The Morgan fingerprint density at radius 3 is 2.56 bits per heavy atom. The number of rotatable bonds is 4. The van der Waals surface area contributed by atoms with Gasteiger partial charge in [-0.1, -0.05) is 0 Å². The number of carbonyl (C=O) groups is 1. The smallest absolute Gasteiger partial charge is 0.270 e. The van der Waals surface area contributed by atoms with Gasteiger partial charge >= 0.3 is 0 Å². The average molecular weight is 340 g/mol. The molecular weight excluding hydrogens is 316 g/mol. The third-order valence-corrected chi connectivity index (χ3v) is 4.48. The van der Waals surface area contributed by atoms with Gasteiger partial charge in [-0.3, -0.25) is 9.48 Å². The van der Waals surface area contributed by atoms with Crippen LogP contribution in [0.15, 0.2) is 12.1 Å². The number of nitrogens with zero attached hydrogens (tertiary/aromatic N) is 5. The molecule has 3 heterocycles. The molecule has 7 nitrogen and oxygen atoms in total. The lowest BCUT2D eigenvalue weighted by molar-refractivity contribution is 0.0934. The molecule has 132 valence electrons. The number of fused-ring (bicyclic) bond motifs is 1. The second-order valence-corrected chi connectivity index (χ2v) is 6.43. The molecule has 0 fully saturated rings. The van der Waals surface area contributed by atoms with Gasteiger partial charge in [0.05, 0.1) is 17.4 Å². The van der Waals surface area contributed by atoms with E-state index in [1.165, 1.54) is 0 Å². The molecule has 1 amide bonds. The Morgan fingerprint density at radius 2 is 1.92 bits per heavy atom. The standard InChI is InChI=1S/C18H24N6O/c1-7-23-14(6)17(13(5)22-23)12(4)19-18(25)15-9-11(3)24-16(20-15)8-10(2)21-24/h8-9,12H,7H2,1-6H3,(H,19,25)/t12-/m0/s1. The van der Waals surface area contributed by atoms with E-state index in [4.69, 9.17) is 0 Å². The van der Waals surface area contributed by atoms with Crippen LogP contribution in [0.2, 0.25) is 0 Å². The van der Waals surface area contributed by atoms with Gasteiger partial charge in [-0.2, -0.15) is 10.2 Å². The van der Waals surface area contributed by atoms with E-state index in [0.29, 0.717) is 11.3 Å². The summed E-state index contributed by atoms with van der Waals surface area (Å²) in [6.07, 6.45) is 0. The maximum atomic E-state index is 12.7.